The van der Waals surface area contributed by atoms with Crippen molar-refractivity contribution in [2.45, 2.75) is 39.0 Å². The summed E-state index contributed by atoms with van der Waals surface area (Å²) in [6.07, 6.45) is 0.718. The molecule has 3 rings (SSSR count). The van der Waals surface area contributed by atoms with Crippen molar-refractivity contribution in [3.05, 3.63) is 29.8 Å². The van der Waals surface area contributed by atoms with Gasteiger partial charge in [0.25, 0.3) is 0 Å². The number of para-hydroxylation sites is 1. The quantitative estimate of drug-likeness (QED) is 0.912. The molecule has 2 aliphatic rings. The lowest BCUT2D eigenvalue weighted by Crippen LogP contribution is -2.46. The first kappa shape index (κ1) is 18.0. The van der Waals surface area contributed by atoms with Gasteiger partial charge >= 0.3 is 6.03 Å². The third kappa shape index (κ3) is 3.75. The number of carbonyl (C=O) groups is 1. The molecule has 1 N–H and O–H groups in total. The van der Waals surface area contributed by atoms with Crippen LogP contribution in [0.15, 0.2) is 24.3 Å². The van der Waals surface area contributed by atoms with E-state index in [9.17, 15) is 4.79 Å². The predicted octanol–water partition coefficient (Wildman–Crippen LogP) is 2.94. The first-order chi connectivity index (χ1) is 11.8. The van der Waals surface area contributed by atoms with Gasteiger partial charge in [-0.15, -0.1) is 0 Å². The van der Waals surface area contributed by atoms with Crippen molar-refractivity contribution >= 4 is 6.03 Å². The number of carbonyl (C=O) groups excluding carboxylic acids is 1. The highest BCUT2D eigenvalue weighted by molar-refractivity contribution is 5.75. The number of nitrogens with one attached hydrogen (secondary N) is 1. The van der Waals surface area contributed by atoms with Crippen LogP contribution in [0.4, 0.5) is 4.79 Å². The molecule has 25 heavy (non-hydrogen) atoms. The highest BCUT2D eigenvalue weighted by Crippen LogP contribution is 2.38. The van der Waals surface area contributed by atoms with E-state index in [-0.39, 0.29) is 17.5 Å². The second-order valence-corrected chi connectivity index (χ2v) is 7.77. The Balaban J connectivity index is 1.76. The largest absolute Gasteiger partial charge is 0.496 e. The molecule has 2 aliphatic heterocycles. The minimum atomic E-state index is -0.598. The molecule has 0 radical (unpaired) electrons. The fraction of sp³-hybridized carbons (Fsp3) is 0.632. The Labute approximate surface area is 149 Å². The number of urea groups is 1. The number of methoxy groups -OCH3 is 1. The van der Waals surface area contributed by atoms with Gasteiger partial charge in [0.1, 0.15) is 5.75 Å². The summed E-state index contributed by atoms with van der Waals surface area (Å²) in [7, 11) is 1.65. The molecule has 1 spiro atoms. The molecular weight excluding hydrogens is 320 g/mol. The molecule has 2 saturated heterocycles. The average molecular weight is 348 g/mol. The van der Waals surface area contributed by atoms with Crippen LogP contribution < -0.4 is 10.1 Å². The number of rotatable bonds is 3. The van der Waals surface area contributed by atoms with Gasteiger partial charge in [0.15, 0.2) is 5.79 Å². The summed E-state index contributed by atoms with van der Waals surface area (Å²) < 4.78 is 16.9. The highest BCUT2D eigenvalue weighted by Gasteiger charge is 2.45. The topological polar surface area (TPSA) is 60.0 Å². The van der Waals surface area contributed by atoms with Gasteiger partial charge in [-0.25, -0.2) is 4.79 Å². The third-order valence-electron chi connectivity index (χ3n) is 4.88. The first-order valence-corrected chi connectivity index (χ1v) is 8.81. The molecule has 1 aromatic rings. The van der Waals surface area contributed by atoms with Gasteiger partial charge in [0, 0.05) is 18.5 Å². The minimum absolute atomic E-state index is 0.0955. The fourth-order valence-corrected chi connectivity index (χ4v) is 3.54. The van der Waals surface area contributed by atoms with Crippen LogP contribution >= 0.6 is 0 Å². The molecule has 1 aromatic carbocycles. The summed E-state index contributed by atoms with van der Waals surface area (Å²) in [6, 6.07) is 7.56. The number of amides is 2. The predicted molar refractivity (Wildman–Crippen MR) is 94.5 cm³/mol. The summed E-state index contributed by atoms with van der Waals surface area (Å²) in [4.78, 5) is 14.7. The Kier molecular flexibility index (Phi) is 4.93. The van der Waals surface area contributed by atoms with Crippen molar-refractivity contribution in [3.8, 4) is 5.75 Å². The minimum Gasteiger partial charge on any atom is -0.496 e. The van der Waals surface area contributed by atoms with Gasteiger partial charge in [-0.2, -0.15) is 0 Å². The maximum absolute atomic E-state index is 12.9. The molecule has 1 atom stereocenters. The summed E-state index contributed by atoms with van der Waals surface area (Å²) in [6.45, 7) is 8.63. The zero-order chi connectivity index (χ0) is 18.1. The molecule has 2 heterocycles. The fourth-order valence-electron chi connectivity index (χ4n) is 3.54. The number of benzene rings is 1. The van der Waals surface area contributed by atoms with Crippen LogP contribution in [0.3, 0.4) is 0 Å². The number of hydrogen-bond donors (Lipinski definition) is 1. The Morgan fingerprint density at radius 3 is 2.60 bits per heavy atom. The molecule has 6 heteroatoms. The summed E-state index contributed by atoms with van der Waals surface area (Å²) in [5.41, 5.74) is 0.815. The summed E-state index contributed by atoms with van der Waals surface area (Å²) in [5, 5.41) is 3.19. The van der Waals surface area contributed by atoms with Gasteiger partial charge in [0.2, 0.25) is 0 Å². The molecule has 6 nitrogen and oxygen atoms in total. The van der Waals surface area contributed by atoms with E-state index in [1.54, 1.807) is 12.0 Å². The van der Waals surface area contributed by atoms with Crippen LogP contribution in [-0.4, -0.2) is 50.1 Å². The van der Waals surface area contributed by atoms with Crippen LogP contribution in [0.25, 0.3) is 0 Å². The van der Waals surface area contributed by atoms with E-state index in [4.69, 9.17) is 14.2 Å². The van der Waals surface area contributed by atoms with E-state index in [1.807, 2.05) is 24.3 Å². The van der Waals surface area contributed by atoms with E-state index in [2.05, 4.69) is 26.1 Å². The maximum atomic E-state index is 12.9. The van der Waals surface area contributed by atoms with E-state index in [0.717, 1.165) is 17.7 Å². The van der Waals surface area contributed by atoms with Crippen LogP contribution in [0.5, 0.6) is 5.75 Å². The first-order valence-electron chi connectivity index (χ1n) is 8.81. The van der Waals surface area contributed by atoms with Gasteiger partial charge in [-0.3, -0.25) is 0 Å². The van der Waals surface area contributed by atoms with Crippen LogP contribution in [0.2, 0.25) is 0 Å². The molecule has 138 valence electrons. The average Bonchev–Trinajstić information content (AvgIpc) is 3.22. The molecular formula is C19H28N2O4. The van der Waals surface area contributed by atoms with E-state index in [0.29, 0.717) is 26.3 Å². The Hall–Kier alpha value is -1.79. The lowest BCUT2D eigenvalue weighted by molar-refractivity contribution is -0.143. The molecule has 0 aliphatic carbocycles. The molecule has 0 bridgehead atoms. The lowest BCUT2D eigenvalue weighted by atomic mass is 9.82. The monoisotopic (exact) mass is 348 g/mol. The van der Waals surface area contributed by atoms with Crippen molar-refractivity contribution in [2.75, 3.05) is 33.4 Å². The van der Waals surface area contributed by atoms with E-state index in [1.165, 1.54) is 0 Å². The maximum Gasteiger partial charge on any atom is 0.318 e. The second kappa shape index (κ2) is 6.84. The summed E-state index contributed by atoms with van der Waals surface area (Å²) in [5.74, 6) is 0.182. The molecule has 2 amide bonds. The second-order valence-electron chi connectivity index (χ2n) is 7.77. The molecule has 0 saturated carbocycles. The van der Waals surface area contributed by atoms with Crippen molar-refractivity contribution in [3.63, 3.8) is 0 Å². The van der Waals surface area contributed by atoms with Crippen molar-refractivity contribution in [1.82, 2.24) is 10.2 Å². The number of likely N-dealkylation sites (tertiary alicyclic amines) is 1. The lowest BCUT2D eigenvalue weighted by Gasteiger charge is -2.34. The SMILES string of the molecule is COc1ccccc1[C@@H](NC(=O)N1CCC2(C1)OCCO2)C(C)(C)C. The number of hydrogen-bond acceptors (Lipinski definition) is 4. The zero-order valence-electron chi connectivity index (χ0n) is 15.5. The normalized spacial score (nSPS) is 20.7. The van der Waals surface area contributed by atoms with Crippen molar-refractivity contribution < 1.29 is 19.0 Å². The van der Waals surface area contributed by atoms with Gasteiger partial charge in [-0.1, -0.05) is 39.0 Å². The van der Waals surface area contributed by atoms with Gasteiger partial charge in [0.05, 0.1) is 32.9 Å². The number of ether oxygens (including phenoxy) is 3. The van der Waals surface area contributed by atoms with E-state index < -0.39 is 5.79 Å². The Morgan fingerprint density at radius 2 is 1.96 bits per heavy atom. The molecule has 2 fully saturated rings. The van der Waals surface area contributed by atoms with Gasteiger partial charge in [-0.05, 0) is 11.5 Å². The Bertz CT molecular complexity index is 620. The van der Waals surface area contributed by atoms with Gasteiger partial charge < -0.3 is 24.4 Å². The molecule has 0 aromatic heterocycles. The van der Waals surface area contributed by atoms with E-state index >= 15 is 0 Å². The Morgan fingerprint density at radius 1 is 1.28 bits per heavy atom. The smallest absolute Gasteiger partial charge is 0.318 e. The third-order valence-corrected chi connectivity index (χ3v) is 4.88. The van der Waals surface area contributed by atoms with Crippen LogP contribution in [0, 0.1) is 5.41 Å². The van der Waals surface area contributed by atoms with Crippen LogP contribution in [0.1, 0.15) is 38.8 Å². The van der Waals surface area contributed by atoms with Crippen molar-refractivity contribution in [2.24, 2.45) is 5.41 Å². The standard InChI is InChI=1S/C19H28N2O4/c1-18(2,3)16(14-7-5-6-8-15(14)23-4)20-17(22)21-10-9-19(13-21)24-11-12-25-19/h5-8,16H,9-13H2,1-4H3,(H,20,22)/t16-/m1/s1. The molecule has 0 unspecified atom stereocenters. The van der Waals surface area contributed by atoms with Crippen molar-refractivity contribution in [1.29, 1.82) is 0 Å². The summed E-state index contributed by atoms with van der Waals surface area (Å²) >= 11 is 0. The highest BCUT2D eigenvalue weighted by atomic mass is 16.7. The van der Waals surface area contributed by atoms with Crippen LogP contribution in [-0.2, 0) is 9.47 Å². The number of nitrogens with zero attached hydrogens (tertiary/aromatic N) is 1. The zero-order valence-corrected chi connectivity index (χ0v) is 15.5.